The van der Waals surface area contributed by atoms with E-state index in [0.717, 1.165) is 39.3 Å². The summed E-state index contributed by atoms with van der Waals surface area (Å²) in [7, 11) is -3.97. The third-order valence-electron chi connectivity index (χ3n) is 5.37. The van der Waals surface area contributed by atoms with Gasteiger partial charge in [0, 0.05) is 23.4 Å². The van der Waals surface area contributed by atoms with Crippen molar-refractivity contribution in [1.82, 2.24) is 14.8 Å². The Bertz CT molecular complexity index is 1210. The molecule has 1 aliphatic rings. The quantitative estimate of drug-likeness (QED) is 0.487. The zero-order valence-corrected chi connectivity index (χ0v) is 17.8. The number of hydrogen-bond donors (Lipinski definition) is 3. The molecule has 30 heavy (non-hydrogen) atoms. The summed E-state index contributed by atoms with van der Waals surface area (Å²) in [6.45, 7) is 4.64. The molecule has 4 N–H and O–H groups in total. The van der Waals surface area contributed by atoms with E-state index in [-0.39, 0.29) is 26.5 Å². The number of anilines is 1. The molecule has 0 aliphatic carbocycles. The van der Waals surface area contributed by atoms with Crippen LogP contribution < -0.4 is 16.2 Å². The zero-order chi connectivity index (χ0) is 21.3. The number of morpholine rings is 1. The monoisotopic (exact) mass is 452 g/mol. The molecule has 160 valence electrons. The van der Waals surface area contributed by atoms with Gasteiger partial charge in [0.2, 0.25) is 9.84 Å². The van der Waals surface area contributed by atoms with Crippen molar-refractivity contribution in [1.29, 1.82) is 0 Å². The van der Waals surface area contributed by atoms with Gasteiger partial charge in [-0.3, -0.25) is 4.79 Å². The first kappa shape index (κ1) is 20.9. The van der Waals surface area contributed by atoms with Crippen molar-refractivity contribution in [3.05, 3.63) is 45.8 Å². The van der Waals surface area contributed by atoms with E-state index < -0.39 is 15.4 Å². The van der Waals surface area contributed by atoms with E-state index in [0.29, 0.717) is 11.6 Å². The second-order valence-corrected chi connectivity index (χ2v) is 9.57. The second kappa shape index (κ2) is 8.38. The van der Waals surface area contributed by atoms with Gasteiger partial charge in [0.1, 0.15) is 29.3 Å². The van der Waals surface area contributed by atoms with E-state index in [2.05, 4.69) is 10.2 Å². The number of hydrogen-bond acceptors (Lipinski definition) is 6. The van der Waals surface area contributed by atoms with Gasteiger partial charge in [0.25, 0.3) is 5.56 Å². The molecule has 1 aromatic carbocycles. The summed E-state index contributed by atoms with van der Waals surface area (Å²) >= 11 is 5.89. The minimum atomic E-state index is -3.97. The molecule has 9 nitrogen and oxygen atoms in total. The summed E-state index contributed by atoms with van der Waals surface area (Å²) < 4.78 is 33.6. The van der Waals surface area contributed by atoms with E-state index in [1.54, 1.807) is 4.57 Å². The molecule has 0 saturated carbocycles. The molecule has 2 aromatic heterocycles. The number of H-pyrrole nitrogens is 1. The SMILES string of the molecule is Nc1c(S(=O)(=O)c2ccc(Cl)cc2)c2cn[nH]c(=O)c2n1CCC[NH+]1CCOCC1. The first-order chi connectivity index (χ1) is 14.4. The first-order valence-electron chi connectivity index (χ1n) is 9.67. The van der Waals surface area contributed by atoms with Crippen LogP contribution in [-0.4, -0.2) is 56.0 Å². The first-order valence-corrected chi connectivity index (χ1v) is 11.5. The molecule has 1 saturated heterocycles. The number of nitrogen functional groups attached to an aromatic ring is 1. The summed E-state index contributed by atoms with van der Waals surface area (Å²) in [6.07, 6.45) is 2.07. The maximum atomic E-state index is 13.3. The highest BCUT2D eigenvalue weighted by Crippen LogP contribution is 2.34. The van der Waals surface area contributed by atoms with Gasteiger partial charge in [-0.25, -0.2) is 13.5 Å². The molecule has 3 aromatic rings. The number of halogens is 1. The molecular weight excluding hydrogens is 430 g/mol. The molecule has 4 rings (SSSR count). The number of aryl methyl sites for hydroxylation is 1. The number of fused-ring (bicyclic) bond motifs is 1. The van der Waals surface area contributed by atoms with Gasteiger partial charge in [-0.1, -0.05) is 11.6 Å². The van der Waals surface area contributed by atoms with Crippen molar-refractivity contribution in [2.24, 2.45) is 0 Å². The van der Waals surface area contributed by atoms with Crippen LogP contribution in [0.1, 0.15) is 6.42 Å². The minimum Gasteiger partial charge on any atom is -0.384 e. The van der Waals surface area contributed by atoms with E-state index in [9.17, 15) is 13.2 Å². The summed E-state index contributed by atoms with van der Waals surface area (Å²) in [4.78, 5) is 13.9. The molecule has 0 unspecified atom stereocenters. The van der Waals surface area contributed by atoms with E-state index >= 15 is 0 Å². The van der Waals surface area contributed by atoms with E-state index in [1.165, 1.54) is 35.4 Å². The fraction of sp³-hybridized carbons (Fsp3) is 0.368. The van der Waals surface area contributed by atoms with Crippen molar-refractivity contribution in [2.75, 3.05) is 38.6 Å². The number of benzene rings is 1. The third-order valence-corrected chi connectivity index (χ3v) is 7.48. The molecule has 0 radical (unpaired) electrons. The summed E-state index contributed by atoms with van der Waals surface area (Å²) in [5.41, 5.74) is 6.05. The number of sulfone groups is 1. The van der Waals surface area contributed by atoms with Crippen molar-refractivity contribution in [2.45, 2.75) is 22.8 Å². The molecule has 0 bridgehead atoms. The number of nitrogens with zero attached hydrogens (tertiary/aromatic N) is 2. The second-order valence-electron chi connectivity index (χ2n) is 7.25. The normalized spacial score (nSPS) is 15.6. The zero-order valence-electron chi connectivity index (χ0n) is 16.2. The van der Waals surface area contributed by atoms with Crippen LogP contribution >= 0.6 is 11.6 Å². The average molecular weight is 453 g/mol. The Kier molecular flexibility index (Phi) is 5.83. The summed E-state index contributed by atoms with van der Waals surface area (Å²) in [6, 6.07) is 5.84. The molecule has 3 heterocycles. The number of nitrogens with one attached hydrogen (secondary N) is 2. The highest BCUT2D eigenvalue weighted by molar-refractivity contribution is 7.92. The number of ether oxygens (including phenoxy) is 1. The fourth-order valence-electron chi connectivity index (χ4n) is 3.85. The largest absolute Gasteiger partial charge is 0.384 e. The molecule has 0 spiro atoms. The van der Waals surface area contributed by atoms with Crippen LogP contribution in [0.4, 0.5) is 5.82 Å². The van der Waals surface area contributed by atoms with Gasteiger partial charge in [-0.2, -0.15) is 5.10 Å². The number of aromatic nitrogens is 3. The Morgan fingerprint density at radius 2 is 1.93 bits per heavy atom. The van der Waals surface area contributed by atoms with Gasteiger partial charge in [-0.15, -0.1) is 0 Å². The number of quaternary nitrogens is 1. The van der Waals surface area contributed by atoms with Crippen LogP contribution in [-0.2, 0) is 21.1 Å². The Labute approximate surface area is 178 Å². The minimum absolute atomic E-state index is 0.0374. The lowest BCUT2D eigenvalue weighted by Crippen LogP contribution is -3.14. The number of aromatic amines is 1. The van der Waals surface area contributed by atoms with E-state index in [1.807, 2.05) is 0 Å². The van der Waals surface area contributed by atoms with Crippen LogP contribution in [0.3, 0.4) is 0 Å². The number of rotatable bonds is 6. The number of nitrogens with two attached hydrogens (primary N) is 1. The predicted molar refractivity (Wildman–Crippen MR) is 113 cm³/mol. The molecule has 0 atom stereocenters. The van der Waals surface area contributed by atoms with Crippen molar-refractivity contribution in [3.63, 3.8) is 0 Å². The lowest BCUT2D eigenvalue weighted by molar-refractivity contribution is -0.908. The van der Waals surface area contributed by atoms with Crippen LogP contribution in [0.25, 0.3) is 10.9 Å². The Morgan fingerprint density at radius 1 is 1.23 bits per heavy atom. The van der Waals surface area contributed by atoms with Gasteiger partial charge in [0.05, 0.1) is 30.9 Å². The fourth-order valence-corrected chi connectivity index (χ4v) is 5.53. The predicted octanol–water partition coefficient (Wildman–Crippen LogP) is 0.0982. The standard InChI is InChI=1S/C19H22ClN5O4S/c20-13-2-4-14(5-3-13)30(27,28)17-15-12-22-23-19(26)16(15)25(18(17)21)7-1-6-24-8-10-29-11-9-24/h2-5,12H,1,6-11,21H2,(H,23,26)/p+1. The third kappa shape index (κ3) is 3.83. The van der Waals surface area contributed by atoms with Crippen LogP contribution in [0.5, 0.6) is 0 Å². The average Bonchev–Trinajstić information content (AvgIpc) is 3.02. The Balaban J connectivity index is 1.74. The van der Waals surface area contributed by atoms with Crippen molar-refractivity contribution >= 4 is 38.2 Å². The molecular formula is C19H23ClN5O4S+. The van der Waals surface area contributed by atoms with Crippen LogP contribution in [0.15, 0.2) is 45.0 Å². The lowest BCUT2D eigenvalue weighted by Gasteiger charge is -2.23. The Hall–Kier alpha value is -2.40. The van der Waals surface area contributed by atoms with Gasteiger partial charge in [0.15, 0.2) is 0 Å². The van der Waals surface area contributed by atoms with Gasteiger partial charge < -0.3 is 19.9 Å². The van der Waals surface area contributed by atoms with Crippen molar-refractivity contribution in [3.8, 4) is 0 Å². The molecule has 11 heteroatoms. The topological polar surface area (TPSA) is 125 Å². The molecule has 1 fully saturated rings. The molecule has 1 aliphatic heterocycles. The van der Waals surface area contributed by atoms with Gasteiger partial charge in [-0.05, 0) is 24.3 Å². The highest BCUT2D eigenvalue weighted by Gasteiger charge is 2.29. The molecule has 0 amide bonds. The van der Waals surface area contributed by atoms with Crippen LogP contribution in [0.2, 0.25) is 5.02 Å². The van der Waals surface area contributed by atoms with E-state index in [4.69, 9.17) is 22.1 Å². The Morgan fingerprint density at radius 3 is 2.63 bits per heavy atom. The lowest BCUT2D eigenvalue weighted by atomic mass is 10.3. The summed E-state index contributed by atoms with van der Waals surface area (Å²) in [5, 5.41) is 6.81. The maximum absolute atomic E-state index is 13.3. The van der Waals surface area contributed by atoms with Gasteiger partial charge >= 0.3 is 0 Å². The smallest absolute Gasteiger partial charge is 0.288 e. The highest BCUT2D eigenvalue weighted by atomic mass is 35.5. The van der Waals surface area contributed by atoms with Crippen molar-refractivity contribution < 1.29 is 18.1 Å². The summed E-state index contributed by atoms with van der Waals surface area (Å²) in [5.74, 6) is 0.0374. The maximum Gasteiger partial charge on any atom is 0.288 e. The van der Waals surface area contributed by atoms with Crippen LogP contribution in [0, 0.1) is 0 Å².